The molecule has 1 heterocycles. The Balaban J connectivity index is 0.00000120. The van der Waals surface area contributed by atoms with Crippen molar-refractivity contribution in [3.63, 3.8) is 0 Å². The third-order valence-corrected chi connectivity index (χ3v) is 7.58. The maximum Gasteiger partial charge on any atom is 0.248 e. The molecule has 0 radical (unpaired) electrons. The lowest BCUT2D eigenvalue weighted by molar-refractivity contribution is -0.111. The number of rotatable bonds is 5. The molecular formula is C22H27N3OS. The Morgan fingerprint density at radius 3 is 2.89 bits per heavy atom. The van der Waals surface area contributed by atoms with E-state index in [1.807, 2.05) is 36.0 Å². The molecule has 2 aliphatic carbocycles. The van der Waals surface area contributed by atoms with Gasteiger partial charge in [-0.05, 0) is 66.6 Å². The highest BCUT2D eigenvalue weighted by molar-refractivity contribution is 8.01. The SMILES string of the molecule is Nc1ccc(NC(=O)/C=C/C2CC2)cc1C(N)C12CC1c1ccccc1S2.[HH].[HH]. The Kier molecular flexibility index (Phi) is 3.85. The van der Waals surface area contributed by atoms with E-state index in [0.29, 0.717) is 17.5 Å². The number of nitrogen functional groups attached to an aromatic ring is 1. The molecule has 5 N–H and O–H groups in total. The molecule has 3 atom stereocenters. The normalized spacial score (nSPS) is 26.5. The molecule has 0 aromatic heterocycles. The average molecular weight is 382 g/mol. The molecule has 0 spiro atoms. The number of allylic oxidation sites excluding steroid dienone is 1. The molecular weight excluding hydrogens is 354 g/mol. The maximum absolute atomic E-state index is 12.1. The van der Waals surface area contributed by atoms with Crippen LogP contribution in [0, 0.1) is 5.92 Å². The van der Waals surface area contributed by atoms with Crippen LogP contribution in [0.1, 0.15) is 45.2 Å². The summed E-state index contributed by atoms with van der Waals surface area (Å²) in [6.07, 6.45) is 7.07. The van der Waals surface area contributed by atoms with Crippen molar-refractivity contribution in [1.82, 2.24) is 0 Å². The van der Waals surface area contributed by atoms with E-state index in [1.54, 1.807) is 6.08 Å². The number of amides is 1. The van der Waals surface area contributed by atoms with Gasteiger partial charge in [-0.25, -0.2) is 0 Å². The smallest absolute Gasteiger partial charge is 0.248 e. The molecule has 4 nitrogen and oxygen atoms in total. The lowest BCUT2D eigenvalue weighted by Gasteiger charge is -2.23. The third-order valence-electron chi connectivity index (χ3n) is 5.90. The molecule has 1 aliphatic heterocycles. The summed E-state index contributed by atoms with van der Waals surface area (Å²) in [5.74, 6) is 0.974. The van der Waals surface area contributed by atoms with Crippen LogP contribution in [0.25, 0.3) is 0 Å². The highest BCUT2D eigenvalue weighted by atomic mass is 32.2. The number of benzene rings is 2. The Labute approximate surface area is 166 Å². The number of thioether (sulfide) groups is 1. The summed E-state index contributed by atoms with van der Waals surface area (Å²) >= 11 is 1.88. The van der Waals surface area contributed by atoms with Crippen molar-refractivity contribution in [2.75, 3.05) is 11.1 Å². The second-order valence-electron chi connectivity index (χ2n) is 7.86. The van der Waals surface area contributed by atoms with E-state index in [-0.39, 0.29) is 19.5 Å². The summed E-state index contributed by atoms with van der Waals surface area (Å²) in [6, 6.07) is 14.0. The number of fused-ring (bicyclic) bond motifs is 3. The molecule has 3 aliphatic rings. The van der Waals surface area contributed by atoms with E-state index < -0.39 is 0 Å². The third kappa shape index (κ3) is 2.95. The largest absolute Gasteiger partial charge is 0.398 e. The van der Waals surface area contributed by atoms with Crippen LogP contribution in [0.2, 0.25) is 0 Å². The van der Waals surface area contributed by atoms with Crippen LogP contribution >= 0.6 is 11.8 Å². The van der Waals surface area contributed by atoms with Gasteiger partial charge in [-0.2, -0.15) is 0 Å². The first-order valence-electron chi connectivity index (χ1n) is 9.49. The van der Waals surface area contributed by atoms with Crippen molar-refractivity contribution >= 4 is 29.0 Å². The van der Waals surface area contributed by atoms with Crippen LogP contribution < -0.4 is 16.8 Å². The van der Waals surface area contributed by atoms with Crippen molar-refractivity contribution in [3.05, 3.63) is 65.7 Å². The molecule has 27 heavy (non-hydrogen) atoms. The minimum Gasteiger partial charge on any atom is -0.398 e. The predicted molar refractivity (Wildman–Crippen MR) is 115 cm³/mol. The maximum atomic E-state index is 12.1. The first-order chi connectivity index (χ1) is 13.1. The van der Waals surface area contributed by atoms with E-state index in [2.05, 4.69) is 29.6 Å². The molecule has 5 heteroatoms. The molecule has 142 valence electrons. The van der Waals surface area contributed by atoms with Gasteiger partial charge >= 0.3 is 0 Å². The van der Waals surface area contributed by atoms with Crippen LogP contribution in [0.5, 0.6) is 0 Å². The van der Waals surface area contributed by atoms with Gasteiger partial charge in [-0.3, -0.25) is 4.79 Å². The molecule has 5 rings (SSSR count). The molecule has 3 unspecified atom stereocenters. The molecule has 0 saturated heterocycles. The fraction of sp³-hybridized carbons (Fsp3) is 0.318. The molecule has 2 fully saturated rings. The molecule has 2 aromatic rings. The van der Waals surface area contributed by atoms with E-state index >= 15 is 0 Å². The standard InChI is InChI=1S/C22H23N3OS.2H2/c23-18-9-8-14(25-20(26)10-7-13-5-6-13)11-16(18)21(24)22-12-17(22)15-3-1-2-4-19(15)27-22;;/h1-4,7-11,13,17,21H,5-6,12,23-24H2,(H,25,26);2*1H/b10-7+;;. The fourth-order valence-electron chi connectivity index (χ4n) is 4.10. The van der Waals surface area contributed by atoms with Gasteiger partial charge in [0, 0.05) is 35.8 Å². The van der Waals surface area contributed by atoms with Crippen LogP contribution in [-0.4, -0.2) is 10.7 Å². The highest BCUT2D eigenvalue weighted by Gasteiger charge is 2.64. The highest BCUT2D eigenvalue weighted by Crippen LogP contribution is 2.73. The molecule has 2 saturated carbocycles. The van der Waals surface area contributed by atoms with Crippen LogP contribution in [0.3, 0.4) is 0 Å². The Hall–Kier alpha value is -2.24. The summed E-state index contributed by atoms with van der Waals surface area (Å²) in [5, 5.41) is 2.94. The van der Waals surface area contributed by atoms with Gasteiger partial charge in [-0.15, -0.1) is 11.8 Å². The minimum atomic E-state index is -0.168. The van der Waals surface area contributed by atoms with Gasteiger partial charge in [0.2, 0.25) is 5.91 Å². The summed E-state index contributed by atoms with van der Waals surface area (Å²) in [5.41, 5.74) is 16.8. The van der Waals surface area contributed by atoms with Crippen LogP contribution in [-0.2, 0) is 4.79 Å². The van der Waals surface area contributed by atoms with Gasteiger partial charge in [0.15, 0.2) is 0 Å². The van der Waals surface area contributed by atoms with Gasteiger partial charge < -0.3 is 16.8 Å². The number of carbonyl (C=O) groups is 1. The second-order valence-corrected chi connectivity index (χ2v) is 9.26. The van der Waals surface area contributed by atoms with Crippen LogP contribution in [0.15, 0.2) is 59.5 Å². The van der Waals surface area contributed by atoms with E-state index in [9.17, 15) is 4.79 Å². The monoisotopic (exact) mass is 381 g/mol. The summed E-state index contributed by atoms with van der Waals surface area (Å²) in [4.78, 5) is 13.5. The molecule has 2 aromatic carbocycles. The Morgan fingerprint density at radius 1 is 1.30 bits per heavy atom. The first-order valence-corrected chi connectivity index (χ1v) is 10.3. The predicted octanol–water partition coefficient (Wildman–Crippen LogP) is 4.70. The zero-order valence-corrected chi connectivity index (χ0v) is 15.8. The second kappa shape index (κ2) is 6.14. The van der Waals surface area contributed by atoms with E-state index in [4.69, 9.17) is 11.5 Å². The average Bonchev–Trinajstić information content (AvgIpc) is 3.59. The first kappa shape index (κ1) is 16.9. The number of anilines is 2. The van der Waals surface area contributed by atoms with Crippen molar-refractivity contribution in [2.45, 2.75) is 40.9 Å². The molecule has 0 bridgehead atoms. The van der Waals surface area contributed by atoms with Crippen molar-refractivity contribution in [3.8, 4) is 0 Å². The Bertz CT molecular complexity index is 963. The molecule has 1 amide bonds. The summed E-state index contributed by atoms with van der Waals surface area (Å²) in [6.45, 7) is 0. The zero-order valence-electron chi connectivity index (χ0n) is 15.0. The van der Waals surface area contributed by atoms with Crippen molar-refractivity contribution < 1.29 is 7.65 Å². The topological polar surface area (TPSA) is 81.1 Å². The van der Waals surface area contributed by atoms with Gasteiger partial charge in [0.1, 0.15) is 0 Å². The number of carbonyl (C=O) groups excluding carboxylic acids is 1. The number of hydrogen-bond acceptors (Lipinski definition) is 4. The number of nitrogens with one attached hydrogen (secondary N) is 1. The quantitative estimate of drug-likeness (QED) is 0.518. The van der Waals surface area contributed by atoms with Gasteiger partial charge in [0.25, 0.3) is 0 Å². The van der Waals surface area contributed by atoms with Gasteiger partial charge in [0.05, 0.1) is 0 Å². The number of nitrogens with two attached hydrogens (primary N) is 2. The summed E-state index contributed by atoms with van der Waals surface area (Å²) < 4.78 is -0.00762. The lowest BCUT2D eigenvalue weighted by Crippen LogP contribution is -2.26. The van der Waals surface area contributed by atoms with Crippen LogP contribution in [0.4, 0.5) is 11.4 Å². The lowest BCUT2D eigenvalue weighted by atomic mass is 9.97. The zero-order chi connectivity index (χ0) is 18.6. The Morgan fingerprint density at radius 2 is 2.11 bits per heavy atom. The minimum absolute atomic E-state index is 0. The van der Waals surface area contributed by atoms with Gasteiger partial charge in [-0.1, -0.05) is 24.3 Å². The van der Waals surface area contributed by atoms with Crippen molar-refractivity contribution in [2.24, 2.45) is 11.7 Å². The van der Waals surface area contributed by atoms with Crippen molar-refractivity contribution in [1.29, 1.82) is 0 Å². The van der Waals surface area contributed by atoms with E-state index in [0.717, 1.165) is 17.7 Å². The fourth-order valence-corrected chi connectivity index (χ4v) is 5.76. The number of hydrogen-bond donors (Lipinski definition) is 3. The van der Waals surface area contributed by atoms with E-state index in [1.165, 1.54) is 23.3 Å². The summed E-state index contributed by atoms with van der Waals surface area (Å²) in [7, 11) is 0.